The minimum Gasteiger partial charge on any atom is -0.412 e. The van der Waals surface area contributed by atoms with Crippen LogP contribution < -0.4 is 0 Å². The minimum absolute atomic E-state index is 0. The summed E-state index contributed by atoms with van der Waals surface area (Å²) in [5.74, 6) is 0. The molecule has 0 saturated carbocycles. The number of ether oxygens (including phenoxy) is 2. The first kappa shape index (κ1) is 25.4. The average molecular weight is 322 g/mol. The number of rotatable bonds is 9. The van der Waals surface area contributed by atoms with Crippen molar-refractivity contribution in [1.82, 2.24) is 0 Å². The van der Waals surface area contributed by atoms with Gasteiger partial charge in [-0.25, -0.2) is 0 Å². The highest BCUT2D eigenvalue weighted by Gasteiger charge is 1.92. The largest absolute Gasteiger partial charge is 0.412 e. The summed E-state index contributed by atoms with van der Waals surface area (Å²) in [6, 6.07) is 10.3. The molecule has 0 spiro atoms. The van der Waals surface area contributed by atoms with Crippen LogP contribution in [0.1, 0.15) is 25.8 Å². The summed E-state index contributed by atoms with van der Waals surface area (Å²) < 4.78 is 15.4. The number of hydrogen-bond donors (Lipinski definition) is 0. The average Bonchev–Trinajstić information content (AvgIpc) is 2.48. The molecule has 0 heterocycles. The lowest BCUT2D eigenvalue weighted by atomic mass is 10.2. The Kier molecular flexibility index (Phi) is 26.3. The van der Waals surface area contributed by atoms with Crippen molar-refractivity contribution >= 4 is 8.81 Å². The van der Waals surface area contributed by atoms with Gasteiger partial charge in [0, 0.05) is 35.7 Å². The van der Waals surface area contributed by atoms with E-state index in [1.807, 2.05) is 32.0 Å². The predicted octanol–water partition coefficient (Wildman–Crippen LogP) is 2.23. The fourth-order valence-corrected chi connectivity index (χ4v) is 1.82. The third-order valence-corrected chi connectivity index (χ3v) is 3.26. The maximum absolute atomic E-state index is 5.55. The zero-order chi connectivity index (χ0) is 14.2. The van der Waals surface area contributed by atoms with Crippen molar-refractivity contribution in [3.05, 3.63) is 35.9 Å². The third-order valence-electron chi connectivity index (χ3n) is 2.21. The Bertz CT molecular complexity index is 270. The van der Waals surface area contributed by atoms with Crippen molar-refractivity contribution in [3.63, 3.8) is 0 Å². The lowest BCUT2D eigenvalue weighted by Crippen LogP contribution is -1.96. The zero-order valence-corrected chi connectivity index (χ0v) is 14.4. The first-order chi connectivity index (χ1) is 9.35. The molecule has 0 aliphatic carbocycles. The molecule has 1 unspecified atom stereocenters. The van der Waals surface area contributed by atoms with Crippen LogP contribution in [0.2, 0.25) is 0 Å². The van der Waals surface area contributed by atoms with Crippen LogP contribution in [0.5, 0.6) is 0 Å². The number of benzene rings is 1. The van der Waals surface area contributed by atoms with E-state index in [-0.39, 0.29) is 11.0 Å². The molecule has 0 bridgehead atoms. The molecule has 5 nitrogen and oxygen atoms in total. The maximum Gasteiger partial charge on any atom is 0.0716 e. The van der Waals surface area contributed by atoms with E-state index in [4.69, 9.17) is 9.26 Å². The fourth-order valence-electron chi connectivity index (χ4n) is 1.18. The summed E-state index contributed by atoms with van der Waals surface area (Å²) in [6.45, 7) is 7.18. The Morgan fingerprint density at radius 2 is 1.62 bits per heavy atom. The molecule has 0 saturated heterocycles. The van der Waals surface area contributed by atoms with Gasteiger partial charge in [0.25, 0.3) is 0 Å². The zero-order valence-electron chi connectivity index (χ0n) is 13.4. The molecular formula is C15H31O5P. The lowest BCUT2D eigenvalue weighted by Gasteiger charge is -2.04. The first-order valence-electron chi connectivity index (χ1n) is 6.80. The van der Waals surface area contributed by atoms with Gasteiger partial charge < -0.3 is 24.9 Å². The summed E-state index contributed by atoms with van der Waals surface area (Å²) in [4.78, 5) is 0. The molecule has 126 valence electrons. The van der Waals surface area contributed by atoms with Gasteiger partial charge in [-0.15, -0.1) is 0 Å². The highest BCUT2D eigenvalue weighted by Crippen LogP contribution is 2.12. The molecule has 6 heteroatoms. The molecule has 0 fully saturated rings. The van der Waals surface area contributed by atoms with E-state index in [0.29, 0.717) is 8.81 Å². The SMILES string of the molecule is CCOC.CCOPCCCOCc1ccccc1.O.O. The van der Waals surface area contributed by atoms with Gasteiger partial charge in [-0.2, -0.15) is 0 Å². The molecule has 0 amide bonds. The van der Waals surface area contributed by atoms with Gasteiger partial charge in [0.15, 0.2) is 0 Å². The Balaban J connectivity index is -0.000000482. The van der Waals surface area contributed by atoms with Crippen LogP contribution in [-0.2, 0) is 20.6 Å². The highest BCUT2D eigenvalue weighted by molar-refractivity contribution is 7.32. The van der Waals surface area contributed by atoms with Crippen molar-refractivity contribution in [3.8, 4) is 0 Å². The molecule has 0 aromatic heterocycles. The van der Waals surface area contributed by atoms with Crippen LogP contribution in [0.25, 0.3) is 0 Å². The maximum atomic E-state index is 5.55. The second-order valence-electron chi connectivity index (χ2n) is 3.80. The van der Waals surface area contributed by atoms with Crippen molar-refractivity contribution in [2.45, 2.75) is 26.9 Å². The topological polar surface area (TPSA) is 90.7 Å². The van der Waals surface area contributed by atoms with Gasteiger partial charge in [-0.05, 0) is 32.0 Å². The molecule has 1 rings (SSSR count). The molecule has 0 aliphatic heterocycles. The van der Waals surface area contributed by atoms with E-state index in [0.717, 1.165) is 39.0 Å². The molecule has 21 heavy (non-hydrogen) atoms. The Morgan fingerprint density at radius 3 is 2.14 bits per heavy atom. The first-order valence-corrected chi connectivity index (χ1v) is 7.91. The quantitative estimate of drug-likeness (QED) is 0.515. The van der Waals surface area contributed by atoms with Crippen molar-refractivity contribution in [2.75, 3.05) is 33.1 Å². The van der Waals surface area contributed by atoms with Crippen LogP contribution in [0, 0.1) is 0 Å². The molecule has 4 N–H and O–H groups in total. The Morgan fingerprint density at radius 1 is 1.00 bits per heavy atom. The standard InChI is InChI=1S/C12H19O2P.C3H8O.2H2O/c1-2-14-15-10-6-9-13-11-12-7-4-3-5-8-12;1-3-4-2;;/h3-5,7-8,15H,2,6,9-11H2,1H3;3H2,1-2H3;2*1H2. The molecule has 1 aromatic rings. The second-order valence-corrected chi connectivity index (χ2v) is 4.87. The van der Waals surface area contributed by atoms with Crippen molar-refractivity contribution < 1.29 is 24.9 Å². The molecule has 0 aliphatic rings. The van der Waals surface area contributed by atoms with E-state index in [1.54, 1.807) is 7.11 Å². The van der Waals surface area contributed by atoms with E-state index in [2.05, 4.69) is 16.9 Å². The molecule has 1 atom stereocenters. The van der Waals surface area contributed by atoms with E-state index < -0.39 is 0 Å². The van der Waals surface area contributed by atoms with Crippen LogP contribution in [0.3, 0.4) is 0 Å². The van der Waals surface area contributed by atoms with Crippen molar-refractivity contribution in [1.29, 1.82) is 0 Å². The van der Waals surface area contributed by atoms with E-state index in [9.17, 15) is 0 Å². The second kappa shape index (κ2) is 21.7. The van der Waals surface area contributed by atoms with Crippen molar-refractivity contribution in [2.24, 2.45) is 0 Å². The molecular weight excluding hydrogens is 291 g/mol. The molecule has 1 aromatic carbocycles. The third kappa shape index (κ3) is 19.4. The van der Waals surface area contributed by atoms with Crippen LogP contribution in [0.4, 0.5) is 0 Å². The Labute approximate surface area is 130 Å². The molecule has 0 radical (unpaired) electrons. The van der Waals surface area contributed by atoms with E-state index >= 15 is 0 Å². The van der Waals surface area contributed by atoms with Gasteiger partial charge >= 0.3 is 0 Å². The van der Waals surface area contributed by atoms with Crippen LogP contribution in [0.15, 0.2) is 30.3 Å². The summed E-state index contributed by atoms with van der Waals surface area (Å²) in [6.07, 6.45) is 2.20. The van der Waals surface area contributed by atoms with Crippen LogP contribution in [-0.4, -0.2) is 44.0 Å². The number of methoxy groups -OCH3 is 1. The van der Waals surface area contributed by atoms with Gasteiger partial charge in [0.1, 0.15) is 0 Å². The normalized spacial score (nSPS) is 9.48. The smallest absolute Gasteiger partial charge is 0.0716 e. The van der Waals surface area contributed by atoms with Gasteiger partial charge in [0.2, 0.25) is 0 Å². The Hall–Kier alpha value is -0.550. The number of hydrogen-bond acceptors (Lipinski definition) is 3. The lowest BCUT2D eigenvalue weighted by molar-refractivity contribution is 0.122. The van der Waals surface area contributed by atoms with Gasteiger partial charge in [-0.3, -0.25) is 0 Å². The fraction of sp³-hybridized carbons (Fsp3) is 0.600. The summed E-state index contributed by atoms with van der Waals surface area (Å²) >= 11 is 0. The predicted molar refractivity (Wildman–Crippen MR) is 90.3 cm³/mol. The summed E-state index contributed by atoms with van der Waals surface area (Å²) in [7, 11) is 2.31. The van der Waals surface area contributed by atoms with Crippen LogP contribution >= 0.6 is 8.81 Å². The summed E-state index contributed by atoms with van der Waals surface area (Å²) in [5, 5.41) is 0. The van der Waals surface area contributed by atoms with Gasteiger partial charge in [0.05, 0.1) is 6.61 Å². The summed E-state index contributed by atoms with van der Waals surface area (Å²) in [5.41, 5.74) is 1.24. The van der Waals surface area contributed by atoms with Gasteiger partial charge in [-0.1, -0.05) is 30.3 Å². The van der Waals surface area contributed by atoms with E-state index in [1.165, 1.54) is 5.56 Å². The monoisotopic (exact) mass is 322 g/mol. The highest BCUT2D eigenvalue weighted by atomic mass is 31.1. The minimum atomic E-state index is 0.